The summed E-state index contributed by atoms with van der Waals surface area (Å²) in [5.74, 6) is 0. The van der Waals surface area contributed by atoms with E-state index in [1.165, 1.54) is 0 Å². The summed E-state index contributed by atoms with van der Waals surface area (Å²) in [5, 5.41) is 9.38. The summed E-state index contributed by atoms with van der Waals surface area (Å²) in [5.41, 5.74) is 1.73. The Morgan fingerprint density at radius 2 is 2.00 bits per heavy atom. The number of hydrogen-bond donors (Lipinski definition) is 1. The number of aliphatic hydroxyl groups excluding tert-OH is 1. The fourth-order valence-electron chi connectivity index (χ4n) is 2.67. The Balaban J connectivity index is 2.35. The largest absolute Gasteiger partial charge is 0.392 e. The molecule has 0 spiro atoms. The number of nitrogens with zero attached hydrogens (tertiary/aromatic N) is 1. The number of sulfonamides is 1. The monoisotopic (exact) mass is 297 g/mol. The van der Waals surface area contributed by atoms with E-state index in [9.17, 15) is 13.5 Å². The van der Waals surface area contributed by atoms with Crippen molar-refractivity contribution in [3.05, 3.63) is 29.3 Å². The van der Waals surface area contributed by atoms with Gasteiger partial charge in [-0.05, 0) is 41.5 Å². The van der Waals surface area contributed by atoms with Crippen LogP contribution in [0.4, 0.5) is 0 Å². The zero-order chi connectivity index (χ0) is 15.0. The fraction of sp³-hybridized carbons (Fsp3) is 0.600. The molecule has 2 rings (SSSR count). The van der Waals surface area contributed by atoms with Crippen LogP contribution >= 0.6 is 0 Å². The van der Waals surface area contributed by atoms with Crippen LogP contribution in [-0.2, 0) is 23.1 Å². The van der Waals surface area contributed by atoms with Crippen molar-refractivity contribution in [2.75, 3.05) is 13.1 Å². The Labute approximate surface area is 121 Å². The maximum Gasteiger partial charge on any atom is 0.243 e. The highest BCUT2D eigenvalue weighted by Gasteiger charge is 2.36. The van der Waals surface area contributed by atoms with E-state index < -0.39 is 10.0 Å². The average molecular weight is 297 g/mol. The highest BCUT2D eigenvalue weighted by Crippen LogP contribution is 2.33. The molecule has 20 heavy (non-hydrogen) atoms. The minimum atomic E-state index is -3.45. The highest BCUT2D eigenvalue weighted by atomic mass is 32.2. The molecule has 0 saturated carbocycles. The van der Waals surface area contributed by atoms with Crippen LogP contribution < -0.4 is 0 Å². The number of benzene rings is 1. The van der Waals surface area contributed by atoms with Crippen molar-refractivity contribution >= 4 is 10.0 Å². The molecule has 0 amide bonds. The summed E-state index contributed by atoms with van der Waals surface area (Å²) in [7, 11) is -3.45. The average Bonchev–Trinajstić information content (AvgIpc) is 2.78. The highest BCUT2D eigenvalue weighted by molar-refractivity contribution is 7.89. The lowest BCUT2D eigenvalue weighted by Crippen LogP contribution is -2.30. The van der Waals surface area contributed by atoms with Crippen LogP contribution in [0.1, 0.15) is 38.3 Å². The van der Waals surface area contributed by atoms with Crippen molar-refractivity contribution in [1.82, 2.24) is 4.31 Å². The molecule has 1 N–H and O–H groups in total. The first-order valence-electron chi connectivity index (χ1n) is 7.03. The molecule has 1 aromatic carbocycles. The van der Waals surface area contributed by atoms with Crippen LogP contribution in [0.3, 0.4) is 0 Å². The quantitative estimate of drug-likeness (QED) is 0.926. The standard InChI is InChI=1S/C15H23NO3S/c1-4-12-5-6-14(9-13(12)10-17)20(18,19)16-8-7-15(2,3)11-16/h5-6,9,17H,4,7-8,10-11H2,1-3H3. The van der Waals surface area contributed by atoms with Gasteiger partial charge in [0.15, 0.2) is 0 Å². The van der Waals surface area contributed by atoms with Gasteiger partial charge in [0.2, 0.25) is 10.0 Å². The van der Waals surface area contributed by atoms with Crippen LogP contribution in [-0.4, -0.2) is 30.9 Å². The molecule has 112 valence electrons. The summed E-state index contributed by atoms with van der Waals surface area (Å²) >= 11 is 0. The number of hydrogen-bond acceptors (Lipinski definition) is 3. The number of rotatable bonds is 4. The van der Waals surface area contributed by atoms with Gasteiger partial charge >= 0.3 is 0 Å². The van der Waals surface area contributed by atoms with Gasteiger partial charge in [0.05, 0.1) is 11.5 Å². The number of aryl methyl sites for hydroxylation is 1. The van der Waals surface area contributed by atoms with Crippen molar-refractivity contribution in [2.24, 2.45) is 5.41 Å². The van der Waals surface area contributed by atoms with E-state index in [1.54, 1.807) is 22.5 Å². The van der Waals surface area contributed by atoms with E-state index in [0.717, 1.165) is 18.4 Å². The van der Waals surface area contributed by atoms with Gasteiger partial charge < -0.3 is 5.11 Å². The Kier molecular flexibility index (Phi) is 4.23. The van der Waals surface area contributed by atoms with Gasteiger partial charge in [-0.15, -0.1) is 0 Å². The van der Waals surface area contributed by atoms with Crippen LogP contribution in [0.15, 0.2) is 23.1 Å². The van der Waals surface area contributed by atoms with Crippen molar-refractivity contribution in [2.45, 2.75) is 45.1 Å². The van der Waals surface area contributed by atoms with Crippen LogP contribution in [0.25, 0.3) is 0 Å². The zero-order valence-corrected chi connectivity index (χ0v) is 13.2. The van der Waals surface area contributed by atoms with Gasteiger partial charge in [0.1, 0.15) is 0 Å². The lowest BCUT2D eigenvalue weighted by atomic mass is 9.93. The molecule has 5 heteroatoms. The van der Waals surface area contributed by atoms with Crippen molar-refractivity contribution in [3.63, 3.8) is 0 Å². The molecule has 1 heterocycles. The van der Waals surface area contributed by atoms with E-state index in [2.05, 4.69) is 13.8 Å². The molecule has 0 atom stereocenters. The second-order valence-electron chi connectivity index (χ2n) is 6.19. The predicted molar refractivity (Wildman–Crippen MR) is 78.9 cm³/mol. The predicted octanol–water partition coefficient (Wildman–Crippen LogP) is 2.16. The molecule has 1 saturated heterocycles. The lowest BCUT2D eigenvalue weighted by molar-refractivity contribution is 0.280. The van der Waals surface area contributed by atoms with E-state index in [4.69, 9.17) is 0 Å². The Bertz CT molecular complexity index is 593. The van der Waals surface area contributed by atoms with Gasteiger partial charge in [-0.25, -0.2) is 8.42 Å². The first-order chi connectivity index (χ1) is 9.30. The molecule has 1 aliphatic heterocycles. The van der Waals surface area contributed by atoms with Crippen molar-refractivity contribution in [3.8, 4) is 0 Å². The van der Waals surface area contributed by atoms with Gasteiger partial charge in [0.25, 0.3) is 0 Å². The Morgan fingerprint density at radius 3 is 2.50 bits per heavy atom. The zero-order valence-electron chi connectivity index (χ0n) is 12.4. The topological polar surface area (TPSA) is 57.6 Å². The molecule has 0 unspecified atom stereocenters. The molecular formula is C15H23NO3S. The molecule has 1 fully saturated rings. The molecule has 0 aromatic heterocycles. The van der Waals surface area contributed by atoms with Crippen molar-refractivity contribution < 1.29 is 13.5 Å². The minimum Gasteiger partial charge on any atom is -0.392 e. The maximum absolute atomic E-state index is 12.6. The van der Waals surface area contributed by atoms with Gasteiger partial charge in [-0.3, -0.25) is 0 Å². The summed E-state index contributed by atoms with van der Waals surface area (Å²) in [4.78, 5) is 0.288. The smallest absolute Gasteiger partial charge is 0.243 e. The first kappa shape index (κ1) is 15.5. The first-order valence-corrected chi connectivity index (χ1v) is 8.47. The van der Waals surface area contributed by atoms with Gasteiger partial charge in [-0.1, -0.05) is 26.8 Å². The third kappa shape index (κ3) is 2.90. The van der Waals surface area contributed by atoms with E-state index >= 15 is 0 Å². The van der Waals surface area contributed by atoms with E-state index in [-0.39, 0.29) is 16.9 Å². The second-order valence-corrected chi connectivity index (χ2v) is 8.13. The lowest BCUT2D eigenvalue weighted by Gasteiger charge is -2.20. The third-order valence-electron chi connectivity index (χ3n) is 4.01. The maximum atomic E-state index is 12.6. The van der Waals surface area contributed by atoms with E-state index in [0.29, 0.717) is 18.7 Å². The molecule has 0 bridgehead atoms. The van der Waals surface area contributed by atoms with Crippen molar-refractivity contribution in [1.29, 1.82) is 0 Å². The summed E-state index contributed by atoms with van der Waals surface area (Å²) in [6.45, 7) is 7.16. The Morgan fingerprint density at radius 1 is 1.30 bits per heavy atom. The molecule has 0 radical (unpaired) electrons. The van der Waals surface area contributed by atoms with E-state index in [1.807, 2.05) is 6.92 Å². The van der Waals surface area contributed by atoms with Gasteiger partial charge in [-0.2, -0.15) is 4.31 Å². The van der Waals surface area contributed by atoms with Crippen LogP contribution in [0, 0.1) is 5.41 Å². The molecule has 1 aliphatic rings. The molecule has 4 nitrogen and oxygen atoms in total. The molecule has 0 aliphatic carbocycles. The molecule has 1 aromatic rings. The SMILES string of the molecule is CCc1ccc(S(=O)(=O)N2CCC(C)(C)C2)cc1CO. The third-order valence-corrected chi connectivity index (χ3v) is 5.85. The minimum absolute atomic E-state index is 0.0379. The summed E-state index contributed by atoms with van der Waals surface area (Å²) < 4.78 is 26.8. The number of aliphatic hydroxyl groups is 1. The van der Waals surface area contributed by atoms with Crippen LogP contribution in [0.2, 0.25) is 0 Å². The molecular weight excluding hydrogens is 274 g/mol. The van der Waals surface area contributed by atoms with Gasteiger partial charge in [0, 0.05) is 13.1 Å². The second kappa shape index (κ2) is 5.47. The summed E-state index contributed by atoms with van der Waals surface area (Å²) in [6.07, 6.45) is 1.67. The fourth-order valence-corrected chi connectivity index (χ4v) is 4.35. The summed E-state index contributed by atoms with van der Waals surface area (Å²) in [6, 6.07) is 5.07. The Hall–Kier alpha value is -0.910. The van der Waals surface area contributed by atoms with Crippen LogP contribution in [0.5, 0.6) is 0 Å². The normalized spacial score (nSPS) is 19.4.